The van der Waals surface area contributed by atoms with Crippen LogP contribution in [0.2, 0.25) is 0 Å². The van der Waals surface area contributed by atoms with Gasteiger partial charge >= 0.3 is 0 Å². The number of rotatable bonds is 6. The first-order valence-corrected chi connectivity index (χ1v) is 9.23. The van der Waals surface area contributed by atoms with E-state index >= 15 is 0 Å². The van der Waals surface area contributed by atoms with Crippen LogP contribution < -0.4 is 4.72 Å². The van der Waals surface area contributed by atoms with Crippen molar-refractivity contribution in [2.75, 3.05) is 4.72 Å². The highest BCUT2D eigenvalue weighted by Crippen LogP contribution is 2.17. The molecule has 0 saturated carbocycles. The molecule has 0 heterocycles. The Hall–Kier alpha value is -2.71. The van der Waals surface area contributed by atoms with Crippen LogP contribution in [0.15, 0.2) is 59.5 Å². The van der Waals surface area contributed by atoms with E-state index < -0.39 is 27.8 Å². The van der Waals surface area contributed by atoms with Crippen molar-refractivity contribution in [3.63, 3.8) is 0 Å². The third-order valence-electron chi connectivity index (χ3n) is 3.56. The van der Waals surface area contributed by atoms with Crippen LogP contribution in [0, 0.1) is 5.82 Å². The fourth-order valence-electron chi connectivity index (χ4n) is 2.11. The lowest BCUT2D eigenvalue weighted by Crippen LogP contribution is -2.32. The molecule has 0 aliphatic carbocycles. The number of hydroxylamine groups is 2. The van der Waals surface area contributed by atoms with Crippen molar-refractivity contribution in [1.82, 2.24) is 5.06 Å². The molecule has 0 spiro atoms. The first-order valence-electron chi connectivity index (χ1n) is 7.74. The first kappa shape index (κ1) is 19.6. The maximum Gasteiger partial charge on any atom is 0.261 e. The van der Waals surface area contributed by atoms with E-state index in [4.69, 9.17) is 0 Å². The maximum atomic E-state index is 12.9. The highest BCUT2D eigenvalue weighted by molar-refractivity contribution is 7.92. The van der Waals surface area contributed by atoms with E-state index in [9.17, 15) is 22.8 Å². The molecule has 26 heavy (non-hydrogen) atoms. The van der Waals surface area contributed by atoms with Crippen molar-refractivity contribution in [1.29, 1.82) is 0 Å². The highest BCUT2D eigenvalue weighted by Gasteiger charge is 2.14. The van der Waals surface area contributed by atoms with Crippen LogP contribution >= 0.6 is 0 Å². The Morgan fingerprint density at radius 3 is 2.27 bits per heavy atom. The van der Waals surface area contributed by atoms with Crippen LogP contribution in [0.3, 0.4) is 0 Å². The van der Waals surface area contributed by atoms with Crippen LogP contribution in [0.4, 0.5) is 10.1 Å². The van der Waals surface area contributed by atoms with Gasteiger partial charge in [-0.3, -0.25) is 14.7 Å². The van der Waals surface area contributed by atoms with Gasteiger partial charge in [0.1, 0.15) is 5.82 Å². The largest absolute Gasteiger partial charge is 0.285 e. The maximum absolute atomic E-state index is 12.9. The van der Waals surface area contributed by atoms with Gasteiger partial charge in [-0.25, -0.2) is 17.9 Å². The van der Waals surface area contributed by atoms with E-state index in [1.807, 2.05) is 0 Å². The Kier molecular flexibility index (Phi) is 6.12. The molecule has 1 amide bonds. The molecular weight excluding hydrogens is 359 g/mol. The van der Waals surface area contributed by atoms with Gasteiger partial charge in [0.2, 0.25) is 5.91 Å². The average molecular weight is 378 g/mol. The van der Waals surface area contributed by atoms with Gasteiger partial charge in [-0.15, -0.1) is 0 Å². The molecule has 0 radical (unpaired) electrons. The Morgan fingerprint density at radius 1 is 1.15 bits per heavy atom. The summed E-state index contributed by atoms with van der Waals surface area (Å²) in [6.07, 6.45) is 3.28. The number of anilines is 1. The van der Waals surface area contributed by atoms with Gasteiger partial charge in [0.25, 0.3) is 10.0 Å². The molecule has 0 aliphatic heterocycles. The molecule has 1 unspecified atom stereocenters. The van der Waals surface area contributed by atoms with E-state index in [0.717, 1.165) is 0 Å². The van der Waals surface area contributed by atoms with Crippen LogP contribution in [0.25, 0.3) is 6.08 Å². The molecule has 2 N–H and O–H groups in total. The van der Waals surface area contributed by atoms with E-state index in [2.05, 4.69) is 4.72 Å². The van der Waals surface area contributed by atoms with Crippen molar-refractivity contribution < 1.29 is 22.8 Å². The van der Waals surface area contributed by atoms with Crippen LogP contribution in [-0.2, 0) is 14.8 Å². The molecule has 8 heteroatoms. The summed E-state index contributed by atoms with van der Waals surface area (Å²) in [7, 11) is -3.79. The van der Waals surface area contributed by atoms with Crippen molar-refractivity contribution >= 4 is 27.7 Å². The third kappa shape index (κ3) is 5.14. The number of hydrogen-bond donors (Lipinski definition) is 2. The number of nitrogens with one attached hydrogen (secondary N) is 1. The Bertz CT molecular complexity index is 894. The second-order valence-corrected chi connectivity index (χ2v) is 7.33. The van der Waals surface area contributed by atoms with Crippen LogP contribution in [0.5, 0.6) is 0 Å². The van der Waals surface area contributed by atoms with Crippen molar-refractivity contribution in [3.8, 4) is 0 Å². The zero-order valence-electron chi connectivity index (χ0n) is 14.3. The van der Waals surface area contributed by atoms with Gasteiger partial charge in [0.05, 0.1) is 10.9 Å². The Labute approximate surface area is 151 Å². The summed E-state index contributed by atoms with van der Waals surface area (Å²) >= 11 is 0. The van der Waals surface area contributed by atoms with Crippen molar-refractivity contribution in [2.24, 2.45) is 0 Å². The average Bonchev–Trinajstić information content (AvgIpc) is 2.61. The fourth-order valence-corrected chi connectivity index (χ4v) is 3.17. The van der Waals surface area contributed by atoms with Crippen molar-refractivity contribution in [2.45, 2.75) is 24.8 Å². The molecular formula is C18H19FN2O4S. The molecule has 0 fully saturated rings. The SMILES string of the molecule is CC(=O)N(O)C(C)/C=C/c1ccc(S(=O)(=O)Nc2ccc(F)cc2)cc1. The molecule has 0 aromatic heterocycles. The highest BCUT2D eigenvalue weighted by atomic mass is 32.2. The smallest absolute Gasteiger partial charge is 0.261 e. The van der Waals surface area contributed by atoms with E-state index in [-0.39, 0.29) is 10.6 Å². The number of carbonyl (C=O) groups is 1. The zero-order chi connectivity index (χ0) is 19.3. The molecule has 2 aromatic rings. The number of halogens is 1. The van der Waals surface area contributed by atoms with Crippen molar-refractivity contribution in [3.05, 3.63) is 66.0 Å². The van der Waals surface area contributed by atoms with Gasteiger partial charge in [-0.05, 0) is 48.9 Å². The van der Waals surface area contributed by atoms with E-state index in [0.29, 0.717) is 10.6 Å². The van der Waals surface area contributed by atoms with Crippen LogP contribution in [-0.4, -0.2) is 30.6 Å². The number of sulfonamides is 1. The second kappa shape index (κ2) is 8.11. The number of hydrogen-bond acceptors (Lipinski definition) is 4. The van der Waals surface area contributed by atoms with E-state index in [1.165, 1.54) is 43.3 Å². The summed E-state index contributed by atoms with van der Waals surface area (Å²) < 4.78 is 39.9. The molecule has 6 nitrogen and oxygen atoms in total. The predicted octanol–water partition coefficient (Wildman–Crippen LogP) is 3.27. The van der Waals surface area contributed by atoms with Gasteiger partial charge in [0, 0.05) is 12.6 Å². The van der Waals surface area contributed by atoms with Gasteiger partial charge in [-0.2, -0.15) is 0 Å². The molecule has 2 aromatic carbocycles. The fraction of sp³-hybridized carbons (Fsp3) is 0.167. The molecule has 138 valence electrons. The molecule has 0 aliphatic rings. The molecule has 1 atom stereocenters. The van der Waals surface area contributed by atoms with Gasteiger partial charge in [0.15, 0.2) is 0 Å². The normalized spacial score (nSPS) is 12.8. The summed E-state index contributed by atoms with van der Waals surface area (Å²) in [5, 5.41) is 10.1. The molecule has 2 rings (SSSR count). The second-order valence-electron chi connectivity index (χ2n) is 5.64. The lowest BCUT2D eigenvalue weighted by Gasteiger charge is -2.17. The topological polar surface area (TPSA) is 86.7 Å². The van der Waals surface area contributed by atoms with E-state index in [1.54, 1.807) is 31.2 Å². The quantitative estimate of drug-likeness (QED) is 0.597. The molecule has 0 bridgehead atoms. The number of amides is 1. The zero-order valence-corrected chi connectivity index (χ0v) is 15.1. The lowest BCUT2D eigenvalue weighted by molar-refractivity contribution is -0.167. The third-order valence-corrected chi connectivity index (χ3v) is 4.96. The monoisotopic (exact) mass is 378 g/mol. The Morgan fingerprint density at radius 2 is 1.73 bits per heavy atom. The molecule has 0 saturated heterocycles. The lowest BCUT2D eigenvalue weighted by atomic mass is 10.2. The standard InChI is InChI=1S/C18H19FN2O4S/c1-13(21(23)14(2)22)3-4-15-5-11-18(12-6-15)26(24,25)20-17-9-7-16(19)8-10-17/h3-13,20,23H,1-2H3/b4-3+. The summed E-state index contributed by atoms with van der Waals surface area (Å²) in [6, 6.07) is 10.5. The van der Waals surface area contributed by atoms with Crippen LogP contribution in [0.1, 0.15) is 19.4 Å². The van der Waals surface area contributed by atoms with Gasteiger partial charge < -0.3 is 0 Å². The number of carbonyl (C=O) groups excluding carboxylic acids is 1. The summed E-state index contributed by atoms with van der Waals surface area (Å²) in [4.78, 5) is 11.1. The minimum atomic E-state index is -3.79. The summed E-state index contributed by atoms with van der Waals surface area (Å²) in [6.45, 7) is 2.89. The minimum Gasteiger partial charge on any atom is -0.285 e. The summed E-state index contributed by atoms with van der Waals surface area (Å²) in [5.41, 5.74) is 0.964. The first-order chi connectivity index (χ1) is 12.2. The Balaban J connectivity index is 2.10. The number of benzene rings is 2. The number of nitrogens with zero attached hydrogens (tertiary/aromatic N) is 1. The predicted molar refractivity (Wildman–Crippen MR) is 96.5 cm³/mol. The summed E-state index contributed by atoms with van der Waals surface area (Å²) in [5.74, 6) is -0.931. The minimum absolute atomic E-state index is 0.0551. The van der Waals surface area contributed by atoms with Gasteiger partial charge in [-0.1, -0.05) is 24.3 Å².